The summed E-state index contributed by atoms with van der Waals surface area (Å²) >= 11 is 15.4. The predicted molar refractivity (Wildman–Crippen MR) is 226 cm³/mol. The Balaban J connectivity index is 1.43. The molecule has 2 aliphatic carbocycles. The third-order valence-corrected chi connectivity index (χ3v) is 16.1. The molecule has 8 rings (SSSR count). The topological polar surface area (TPSA) is 0 Å². The van der Waals surface area contributed by atoms with Crippen LogP contribution in [0.3, 0.4) is 0 Å². The smallest absolute Gasteiger partial charge is 0.113 e. The summed E-state index contributed by atoms with van der Waals surface area (Å²) in [6, 6.07) is 44.8. The van der Waals surface area contributed by atoms with E-state index in [-0.39, 0.29) is 10.8 Å². The van der Waals surface area contributed by atoms with Crippen molar-refractivity contribution in [2.45, 2.75) is 76.2 Å². The van der Waals surface area contributed by atoms with Crippen LogP contribution in [0.5, 0.6) is 0 Å². The third-order valence-electron chi connectivity index (χ3n) is 11.5. The summed E-state index contributed by atoms with van der Waals surface area (Å²) in [4.78, 5) is 0. The number of alkyl halides is 2. The molecular weight excluding hydrogens is 676 g/mol. The van der Waals surface area contributed by atoms with E-state index in [4.69, 9.17) is 23.2 Å². The molecule has 2 atom stereocenters. The third kappa shape index (κ3) is 5.64. The minimum Gasteiger partial charge on any atom is -0.113 e. The Morgan fingerprint density at radius 3 is 1.27 bits per heavy atom. The maximum absolute atomic E-state index is 7.69. The van der Waals surface area contributed by atoms with E-state index in [1.165, 1.54) is 87.6 Å². The van der Waals surface area contributed by atoms with Gasteiger partial charge in [-0.25, -0.2) is 0 Å². The van der Waals surface area contributed by atoms with Gasteiger partial charge in [0, 0.05) is 0 Å². The van der Waals surface area contributed by atoms with Crippen LogP contribution in [0.25, 0.3) is 54.2 Å². The van der Waals surface area contributed by atoms with Crippen LogP contribution in [-0.2, 0) is 0 Å². The highest BCUT2D eigenvalue weighted by atomic mass is 35.5. The predicted octanol–water partition coefficient (Wildman–Crippen LogP) is 15.3. The van der Waals surface area contributed by atoms with Gasteiger partial charge in [0.15, 0.2) is 0 Å². The van der Waals surface area contributed by atoms with Crippen molar-refractivity contribution in [2.24, 2.45) is 0 Å². The Kier molecular flexibility index (Phi) is 9.34. The summed E-state index contributed by atoms with van der Waals surface area (Å²) in [5.74, 6) is 0. The first-order chi connectivity index (χ1) is 24.9. The number of hydrogen-bond acceptors (Lipinski definition) is 0. The highest BCUT2D eigenvalue weighted by Crippen LogP contribution is 2.60. The van der Waals surface area contributed by atoms with Crippen molar-refractivity contribution < 1.29 is 0 Å². The zero-order valence-electron chi connectivity index (χ0n) is 30.2. The molecule has 0 amide bonds. The second kappa shape index (κ2) is 13.9. The Morgan fingerprint density at radius 2 is 0.843 bits per heavy atom. The average Bonchev–Trinajstić information content (AvgIpc) is 3.63. The van der Waals surface area contributed by atoms with Gasteiger partial charge in [0.05, 0.1) is 10.8 Å². The molecule has 0 fully saturated rings. The number of rotatable bonds is 10. The van der Waals surface area contributed by atoms with E-state index < -0.39 is 8.07 Å². The van der Waals surface area contributed by atoms with E-state index in [0.29, 0.717) is 0 Å². The van der Waals surface area contributed by atoms with Gasteiger partial charge in [0.25, 0.3) is 0 Å². The molecule has 0 saturated heterocycles. The monoisotopic (exact) mass is 720 g/mol. The highest BCUT2D eigenvalue weighted by molar-refractivity contribution is 7.09. The molecule has 3 heteroatoms. The van der Waals surface area contributed by atoms with Crippen molar-refractivity contribution in [3.63, 3.8) is 0 Å². The summed E-state index contributed by atoms with van der Waals surface area (Å²) in [5.41, 5.74) is 13.3. The number of unbranched alkanes of at least 4 members (excludes halogenated alkanes) is 2. The highest BCUT2D eigenvalue weighted by Gasteiger charge is 2.47. The summed E-state index contributed by atoms with van der Waals surface area (Å²) in [5, 5.41) is 7.89. The van der Waals surface area contributed by atoms with Crippen LogP contribution in [-0.4, -0.2) is 8.07 Å². The van der Waals surface area contributed by atoms with Crippen LogP contribution >= 0.6 is 23.2 Å². The quantitative estimate of drug-likeness (QED) is 0.0976. The molecule has 0 N–H and O–H groups in total. The van der Waals surface area contributed by atoms with Crippen molar-refractivity contribution in [1.82, 2.24) is 0 Å². The average molecular weight is 722 g/mol. The van der Waals surface area contributed by atoms with E-state index in [1.54, 1.807) is 0 Å². The molecular formula is C48H46Cl2Si. The van der Waals surface area contributed by atoms with Crippen molar-refractivity contribution in [3.8, 4) is 22.3 Å². The van der Waals surface area contributed by atoms with Crippen LogP contribution in [0.1, 0.15) is 85.4 Å². The Labute approximate surface area is 314 Å². The Bertz CT molecular complexity index is 2180. The molecule has 0 nitrogen and oxygen atoms in total. The lowest BCUT2D eigenvalue weighted by molar-refractivity contribution is 0.773. The number of fused-ring (bicyclic) bond motifs is 4. The molecule has 2 unspecified atom stereocenters. The summed E-state index contributed by atoms with van der Waals surface area (Å²) in [6.45, 7) is 9.80. The first kappa shape index (κ1) is 34.2. The second-order valence-electron chi connectivity index (χ2n) is 15.0. The van der Waals surface area contributed by atoms with Crippen molar-refractivity contribution in [3.05, 3.63) is 155 Å². The van der Waals surface area contributed by atoms with Gasteiger partial charge in [-0.3, -0.25) is 0 Å². The number of halogens is 2. The maximum atomic E-state index is 7.69. The fraction of sp³-hybridized carbons (Fsp3) is 0.250. The molecule has 2 aliphatic rings. The van der Waals surface area contributed by atoms with Crippen LogP contribution in [0, 0.1) is 0 Å². The normalized spacial score (nSPS) is 17.1. The van der Waals surface area contributed by atoms with E-state index in [0.717, 1.165) is 38.5 Å². The Hall–Kier alpha value is -3.88. The van der Waals surface area contributed by atoms with Gasteiger partial charge in [0.1, 0.15) is 8.07 Å². The minimum absolute atomic E-state index is 0.135. The lowest BCUT2D eigenvalue weighted by atomic mass is 9.93. The molecule has 6 aromatic rings. The number of benzene rings is 6. The molecule has 0 radical (unpaired) electrons. The van der Waals surface area contributed by atoms with Crippen LogP contribution in [0.2, 0.25) is 13.1 Å². The van der Waals surface area contributed by atoms with Gasteiger partial charge in [-0.2, -0.15) is 0 Å². The van der Waals surface area contributed by atoms with E-state index in [2.05, 4.69) is 148 Å². The first-order valence-electron chi connectivity index (χ1n) is 18.8. The molecule has 6 aromatic carbocycles. The van der Waals surface area contributed by atoms with Gasteiger partial charge in [-0.15, -0.1) is 23.2 Å². The van der Waals surface area contributed by atoms with E-state index in [9.17, 15) is 0 Å². The Morgan fingerprint density at radius 1 is 0.471 bits per heavy atom. The minimum atomic E-state index is -2.52. The van der Waals surface area contributed by atoms with Crippen LogP contribution in [0.4, 0.5) is 0 Å². The number of allylic oxidation sites excluding steroid dienone is 2. The molecule has 51 heavy (non-hydrogen) atoms. The molecule has 0 heterocycles. The molecule has 0 spiro atoms. The molecule has 0 aromatic heterocycles. The molecule has 256 valence electrons. The standard InChI is InChI=1S/C48H46Cl2Si/c1-5-7-21-41-45(49)39-29-15-27-37(35-25-13-19-31-17-9-11-23-33(31)35)43(39)47(41)51(3,4)48-42(22-8-6-2)46(50)40-30-16-28-38(44(40)48)36-26-14-20-32-18-10-12-24-34(32)36/h9-20,23-30,45-46H,5-8,21-22H2,1-4H3. The summed E-state index contributed by atoms with van der Waals surface area (Å²) in [7, 11) is -2.52. The molecule has 0 saturated carbocycles. The zero-order valence-corrected chi connectivity index (χ0v) is 32.7. The fourth-order valence-electron chi connectivity index (χ4n) is 9.23. The van der Waals surface area contributed by atoms with Crippen molar-refractivity contribution in [1.29, 1.82) is 0 Å². The van der Waals surface area contributed by atoms with Gasteiger partial charge in [0.2, 0.25) is 0 Å². The fourth-order valence-corrected chi connectivity index (χ4v) is 14.4. The number of hydrogen-bond donors (Lipinski definition) is 0. The van der Waals surface area contributed by atoms with E-state index in [1.807, 2.05) is 0 Å². The largest absolute Gasteiger partial charge is 0.113 e. The van der Waals surface area contributed by atoms with Gasteiger partial charge < -0.3 is 0 Å². The molecule has 0 aliphatic heterocycles. The van der Waals surface area contributed by atoms with Gasteiger partial charge >= 0.3 is 0 Å². The second-order valence-corrected chi connectivity index (χ2v) is 20.1. The maximum Gasteiger partial charge on any atom is 0.113 e. The van der Waals surface area contributed by atoms with Crippen molar-refractivity contribution in [2.75, 3.05) is 0 Å². The zero-order chi connectivity index (χ0) is 35.3. The van der Waals surface area contributed by atoms with Crippen LogP contribution < -0.4 is 0 Å². The lowest BCUT2D eigenvalue weighted by Crippen LogP contribution is -2.32. The molecule has 0 bridgehead atoms. The van der Waals surface area contributed by atoms with Crippen LogP contribution in [0.15, 0.2) is 132 Å². The lowest BCUT2D eigenvalue weighted by Gasteiger charge is -2.33. The van der Waals surface area contributed by atoms with Crippen molar-refractivity contribution >= 4 is 63.2 Å². The van der Waals surface area contributed by atoms with Gasteiger partial charge in [-0.05, 0) is 113 Å². The summed E-state index contributed by atoms with van der Waals surface area (Å²) in [6.07, 6.45) is 6.55. The first-order valence-corrected chi connectivity index (χ1v) is 22.7. The SMILES string of the molecule is CCCCC1=C([Si](C)(C)C2=C(CCCC)C(Cl)c3cccc(-c4cccc5ccccc45)c32)c2c(-c3cccc4ccccc34)cccc2C1Cl. The van der Waals surface area contributed by atoms with E-state index >= 15 is 0 Å². The van der Waals surface area contributed by atoms with Gasteiger partial charge in [-0.1, -0.05) is 161 Å². The summed E-state index contributed by atoms with van der Waals surface area (Å²) < 4.78 is 0.